The first kappa shape index (κ1) is 16.0. The molecular formula is C17H29NO. The van der Waals surface area contributed by atoms with E-state index in [9.17, 15) is 0 Å². The van der Waals surface area contributed by atoms with E-state index in [1.807, 2.05) is 0 Å². The zero-order chi connectivity index (χ0) is 14.3. The van der Waals surface area contributed by atoms with Crippen molar-refractivity contribution in [3.8, 4) is 5.75 Å². The van der Waals surface area contributed by atoms with Gasteiger partial charge in [-0.05, 0) is 70.2 Å². The van der Waals surface area contributed by atoms with Gasteiger partial charge in [-0.15, -0.1) is 0 Å². The van der Waals surface area contributed by atoms with E-state index >= 15 is 0 Å². The van der Waals surface area contributed by atoms with Crippen LogP contribution in [0, 0.1) is 20.8 Å². The van der Waals surface area contributed by atoms with Crippen LogP contribution in [-0.4, -0.2) is 19.2 Å². The monoisotopic (exact) mass is 263 g/mol. The molecule has 1 rings (SSSR count). The molecule has 0 radical (unpaired) electrons. The van der Waals surface area contributed by atoms with Gasteiger partial charge < -0.3 is 10.1 Å². The number of hydrogen-bond acceptors (Lipinski definition) is 2. The highest BCUT2D eigenvalue weighted by atomic mass is 16.5. The maximum atomic E-state index is 5.98. The van der Waals surface area contributed by atoms with E-state index in [0.29, 0.717) is 6.04 Å². The zero-order valence-electron chi connectivity index (χ0n) is 13.2. The minimum atomic E-state index is 0.586. The first-order chi connectivity index (χ1) is 9.06. The summed E-state index contributed by atoms with van der Waals surface area (Å²) >= 11 is 0. The van der Waals surface area contributed by atoms with Crippen LogP contribution in [0.2, 0.25) is 0 Å². The molecule has 2 heteroatoms. The summed E-state index contributed by atoms with van der Waals surface area (Å²) in [5, 5.41) is 3.51. The number of benzene rings is 1. The van der Waals surface area contributed by atoms with Crippen molar-refractivity contribution in [1.29, 1.82) is 0 Å². The third-order valence-electron chi connectivity index (χ3n) is 3.64. The summed E-state index contributed by atoms with van der Waals surface area (Å²) in [6, 6.07) is 4.89. The van der Waals surface area contributed by atoms with Gasteiger partial charge >= 0.3 is 0 Å². The van der Waals surface area contributed by atoms with Crippen LogP contribution < -0.4 is 10.1 Å². The topological polar surface area (TPSA) is 21.3 Å². The summed E-state index contributed by atoms with van der Waals surface area (Å²) in [6.07, 6.45) is 3.47. The lowest BCUT2D eigenvalue weighted by molar-refractivity contribution is 0.294. The Morgan fingerprint density at radius 1 is 1.16 bits per heavy atom. The van der Waals surface area contributed by atoms with E-state index in [2.05, 4.69) is 52.1 Å². The van der Waals surface area contributed by atoms with Crippen molar-refractivity contribution in [2.24, 2.45) is 0 Å². The van der Waals surface area contributed by atoms with Gasteiger partial charge in [0, 0.05) is 6.04 Å². The third kappa shape index (κ3) is 5.23. The molecule has 0 bridgehead atoms. The van der Waals surface area contributed by atoms with Crippen molar-refractivity contribution in [2.45, 2.75) is 59.9 Å². The van der Waals surface area contributed by atoms with Crippen LogP contribution >= 0.6 is 0 Å². The van der Waals surface area contributed by atoms with Crippen LogP contribution in [0.25, 0.3) is 0 Å². The lowest BCUT2D eigenvalue weighted by atomic mass is 10.1. The Balaban J connectivity index is 2.36. The molecule has 0 saturated carbocycles. The molecule has 0 aliphatic rings. The van der Waals surface area contributed by atoms with Gasteiger partial charge in [0.25, 0.3) is 0 Å². The number of aryl methyl sites for hydroxylation is 2. The minimum absolute atomic E-state index is 0.586. The van der Waals surface area contributed by atoms with E-state index in [1.54, 1.807) is 0 Å². The van der Waals surface area contributed by atoms with E-state index < -0.39 is 0 Å². The van der Waals surface area contributed by atoms with Crippen LogP contribution in [0.5, 0.6) is 5.75 Å². The first-order valence-electron chi connectivity index (χ1n) is 7.49. The maximum absolute atomic E-state index is 5.98. The second kappa shape index (κ2) is 8.21. The van der Waals surface area contributed by atoms with Crippen molar-refractivity contribution >= 4 is 0 Å². The highest BCUT2D eigenvalue weighted by molar-refractivity contribution is 5.44. The lowest BCUT2D eigenvalue weighted by Gasteiger charge is -2.16. The average molecular weight is 263 g/mol. The van der Waals surface area contributed by atoms with Gasteiger partial charge in [-0.3, -0.25) is 0 Å². The Hall–Kier alpha value is -1.02. The predicted octanol–water partition coefficient (Wildman–Crippen LogP) is 4.16. The number of ether oxygens (including phenoxy) is 1. The van der Waals surface area contributed by atoms with E-state index in [1.165, 1.54) is 29.5 Å². The average Bonchev–Trinajstić information content (AvgIpc) is 2.40. The summed E-state index contributed by atoms with van der Waals surface area (Å²) < 4.78 is 5.98. The Morgan fingerprint density at radius 3 is 2.53 bits per heavy atom. The Kier molecular flexibility index (Phi) is 6.93. The van der Waals surface area contributed by atoms with Crippen molar-refractivity contribution in [1.82, 2.24) is 5.32 Å². The van der Waals surface area contributed by atoms with Gasteiger partial charge in [0.2, 0.25) is 0 Å². The molecule has 0 aromatic heterocycles. The van der Waals surface area contributed by atoms with Crippen LogP contribution in [0.3, 0.4) is 0 Å². The van der Waals surface area contributed by atoms with Gasteiger partial charge in [-0.1, -0.05) is 19.1 Å². The van der Waals surface area contributed by atoms with Gasteiger partial charge in [-0.2, -0.15) is 0 Å². The van der Waals surface area contributed by atoms with E-state index in [-0.39, 0.29) is 0 Å². The Bertz CT molecular complexity index is 387. The third-order valence-corrected chi connectivity index (χ3v) is 3.64. The second-order valence-corrected chi connectivity index (χ2v) is 5.50. The van der Waals surface area contributed by atoms with Crippen LogP contribution in [0.4, 0.5) is 0 Å². The Labute approximate surface area is 118 Å². The molecule has 0 saturated heterocycles. The fourth-order valence-electron chi connectivity index (χ4n) is 2.20. The highest BCUT2D eigenvalue weighted by Crippen LogP contribution is 2.25. The van der Waals surface area contributed by atoms with Crippen LogP contribution in [0.1, 0.15) is 49.8 Å². The number of hydrogen-bond donors (Lipinski definition) is 1. The van der Waals surface area contributed by atoms with Crippen LogP contribution in [0.15, 0.2) is 12.1 Å². The largest absolute Gasteiger partial charge is 0.493 e. The summed E-state index contributed by atoms with van der Waals surface area (Å²) in [5.74, 6) is 1.08. The molecule has 0 fully saturated rings. The molecule has 1 unspecified atom stereocenters. The number of rotatable bonds is 8. The molecule has 19 heavy (non-hydrogen) atoms. The van der Waals surface area contributed by atoms with Crippen molar-refractivity contribution in [3.05, 3.63) is 28.8 Å². The summed E-state index contributed by atoms with van der Waals surface area (Å²) in [7, 11) is 0. The molecule has 2 nitrogen and oxygen atoms in total. The fraction of sp³-hybridized carbons (Fsp3) is 0.647. The summed E-state index contributed by atoms with van der Waals surface area (Å²) in [5.41, 5.74) is 3.82. The van der Waals surface area contributed by atoms with Crippen molar-refractivity contribution in [2.75, 3.05) is 13.2 Å². The molecule has 108 valence electrons. The molecule has 0 amide bonds. The van der Waals surface area contributed by atoms with Crippen molar-refractivity contribution in [3.63, 3.8) is 0 Å². The van der Waals surface area contributed by atoms with Gasteiger partial charge in [0.15, 0.2) is 0 Å². The first-order valence-corrected chi connectivity index (χ1v) is 7.49. The van der Waals surface area contributed by atoms with Gasteiger partial charge in [0.1, 0.15) is 5.75 Å². The predicted molar refractivity (Wildman–Crippen MR) is 83.1 cm³/mol. The van der Waals surface area contributed by atoms with Gasteiger partial charge in [-0.25, -0.2) is 0 Å². The van der Waals surface area contributed by atoms with E-state index in [4.69, 9.17) is 4.74 Å². The molecule has 0 spiro atoms. The fourth-order valence-corrected chi connectivity index (χ4v) is 2.20. The molecule has 0 aliphatic heterocycles. The van der Waals surface area contributed by atoms with E-state index in [0.717, 1.165) is 25.3 Å². The lowest BCUT2D eigenvalue weighted by Crippen LogP contribution is -2.27. The molecule has 1 aromatic carbocycles. The molecule has 1 aromatic rings. The Morgan fingerprint density at radius 2 is 1.84 bits per heavy atom. The zero-order valence-corrected chi connectivity index (χ0v) is 13.2. The highest BCUT2D eigenvalue weighted by Gasteiger charge is 2.06. The molecule has 0 aliphatic carbocycles. The molecule has 1 N–H and O–H groups in total. The standard InChI is InChI=1S/C17H29NO/c1-6-11-18-15(4)8-7-12-19-17-14(3)10-9-13(2)16(17)5/h9-10,15,18H,6-8,11-12H2,1-5H3. The quantitative estimate of drug-likeness (QED) is 0.711. The minimum Gasteiger partial charge on any atom is -0.493 e. The normalized spacial score (nSPS) is 12.5. The molecule has 0 heterocycles. The summed E-state index contributed by atoms with van der Waals surface area (Å²) in [4.78, 5) is 0. The van der Waals surface area contributed by atoms with Gasteiger partial charge in [0.05, 0.1) is 6.61 Å². The SMILES string of the molecule is CCCNC(C)CCCOc1c(C)ccc(C)c1C. The van der Waals surface area contributed by atoms with Crippen molar-refractivity contribution < 1.29 is 4.74 Å². The molecular weight excluding hydrogens is 234 g/mol. The number of nitrogens with one attached hydrogen (secondary N) is 1. The maximum Gasteiger partial charge on any atom is 0.125 e. The van der Waals surface area contributed by atoms with Crippen LogP contribution in [-0.2, 0) is 0 Å². The molecule has 1 atom stereocenters. The smallest absolute Gasteiger partial charge is 0.125 e. The second-order valence-electron chi connectivity index (χ2n) is 5.50. The summed E-state index contributed by atoms with van der Waals surface area (Å²) in [6.45, 7) is 12.8.